The lowest BCUT2D eigenvalue weighted by molar-refractivity contribution is -0.132. The second kappa shape index (κ2) is 9.93. The maximum absolute atomic E-state index is 12.6. The number of fused-ring (bicyclic) bond motifs is 1. The van der Waals surface area contributed by atoms with E-state index in [1.54, 1.807) is 6.20 Å². The molecule has 156 valence electrons. The van der Waals surface area contributed by atoms with E-state index < -0.39 is 0 Å². The second-order valence-electron chi connectivity index (χ2n) is 7.38. The van der Waals surface area contributed by atoms with Crippen LogP contribution >= 0.6 is 0 Å². The molecule has 1 aromatic carbocycles. The third-order valence-electron chi connectivity index (χ3n) is 5.25. The normalized spacial score (nSPS) is 14.1. The minimum Gasteiger partial charge on any atom is -0.483 e. The van der Waals surface area contributed by atoms with Gasteiger partial charge in [-0.1, -0.05) is 6.07 Å². The number of benzene rings is 1. The van der Waals surface area contributed by atoms with Crippen LogP contribution < -0.4 is 0 Å². The van der Waals surface area contributed by atoms with Gasteiger partial charge < -0.3 is 14.9 Å². The first-order valence-corrected chi connectivity index (χ1v) is 9.86. The Kier molecular flexibility index (Phi) is 7.08. The Bertz CT molecular complexity index is 1020. The van der Waals surface area contributed by atoms with Gasteiger partial charge in [-0.3, -0.25) is 14.6 Å². The Morgan fingerprint density at radius 1 is 1.17 bits per heavy atom. The van der Waals surface area contributed by atoms with Crippen molar-refractivity contribution < 1.29 is 14.7 Å². The summed E-state index contributed by atoms with van der Waals surface area (Å²) in [6.07, 6.45) is 4.04. The summed E-state index contributed by atoms with van der Waals surface area (Å²) in [5, 5.41) is 7.99. The van der Waals surface area contributed by atoms with Gasteiger partial charge >= 0.3 is 0 Å². The molecule has 1 amide bonds. The summed E-state index contributed by atoms with van der Waals surface area (Å²) in [5.74, 6) is 0.208. The predicted molar refractivity (Wildman–Crippen MR) is 116 cm³/mol. The number of hydrogen-bond donors (Lipinski definition) is 1. The van der Waals surface area contributed by atoms with E-state index in [9.17, 15) is 4.79 Å². The zero-order valence-electron chi connectivity index (χ0n) is 17.3. The van der Waals surface area contributed by atoms with E-state index in [0.29, 0.717) is 6.42 Å². The number of aryl methyl sites for hydroxylation is 1. The van der Waals surface area contributed by atoms with Crippen LogP contribution in [0.5, 0.6) is 0 Å². The van der Waals surface area contributed by atoms with Gasteiger partial charge in [-0.15, -0.1) is 0 Å². The van der Waals surface area contributed by atoms with E-state index in [-0.39, 0.29) is 12.4 Å². The molecular formula is C23H26N4O3. The minimum absolute atomic E-state index is 0.208. The van der Waals surface area contributed by atoms with Crippen LogP contribution in [-0.4, -0.2) is 70.5 Å². The molecule has 0 bridgehead atoms. The standard InChI is InChI=1S/C22H24N4O.CH2O2/c1-16-12-21(18-4-3-7-23-15-18)24-20-6-5-17(13-19(16)20)14-22(27)26-10-8-25(2)9-11-26;2-1-3/h3-7,12-13,15H,8-11,14H2,1-2H3;1H,(H,2,3). The van der Waals surface area contributed by atoms with Crippen molar-refractivity contribution >= 4 is 23.3 Å². The molecule has 0 unspecified atom stereocenters. The highest BCUT2D eigenvalue weighted by Crippen LogP contribution is 2.25. The number of nitrogens with zero attached hydrogens (tertiary/aromatic N) is 4. The van der Waals surface area contributed by atoms with Crippen molar-refractivity contribution in [3.05, 3.63) is 59.9 Å². The van der Waals surface area contributed by atoms with Crippen LogP contribution in [0.15, 0.2) is 48.8 Å². The Labute approximate surface area is 176 Å². The Morgan fingerprint density at radius 3 is 2.57 bits per heavy atom. The molecule has 1 aliphatic rings. The van der Waals surface area contributed by atoms with Crippen molar-refractivity contribution in [2.75, 3.05) is 33.2 Å². The highest BCUT2D eigenvalue weighted by Gasteiger charge is 2.19. The fourth-order valence-electron chi connectivity index (χ4n) is 3.56. The lowest BCUT2D eigenvalue weighted by atomic mass is 10.0. The first-order chi connectivity index (χ1) is 14.5. The molecule has 1 N–H and O–H groups in total. The monoisotopic (exact) mass is 406 g/mol. The molecule has 4 rings (SSSR count). The van der Waals surface area contributed by atoms with E-state index in [2.05, 4.69) is 36.0 Å². The molecule has 1 fully saturated rings. The van der Waals surface area contributed by atoms with Crippen LogP contribution in [0.3, 0.4) is 0 Å². The minimum atomic E-state index is -0.250. The summed E-state index contributed by atoms with van der Waals surface area (Å²) in [6, 6.07) is 12.2. The zero-order chi connectivity index (χ0) is 21.5. The van der Waals surface area contributed by atoms with Crippen LogP contribution in [0.4, 0.5) is 0 Å². The van der Waals surface area contributed by atoms with Crippen LogP contribution in [0, 0.1) is 6.92 Å². The Morgan fingerprint density at radius 2 is 1.90 bits per heavy atom. The van der Waals surface area contributed by atoms with Crippen molar-refractivity contribution in [1.82, 2.24) is 19.8 Å². The SMILES string of the molecule is Cc1cc(-c2cccnc2)nc2ccc(CC(=O)N3CCN(C)CC3)cc12.O=CO. The average Bonchev–Trinajstić information content (AvgIpc) is 2.75. The lowest BCUT2D eigenvalue weighted by Crippen LogP contribution is -2.47. The van der Waals surface area contributed by atoms with Crippen molar-refractivity contribution in [2.24, 2.45) is 0 Å². The van der Waals surface area contributed by atoms with Gasteiger partial charge in [0.2, 0.25) is 5.91 Å². The summed E-state index contributed by atoms with van der Waals surface area (Å²) >= 11 is 0. The molecule has 0 aliphatic carbocycles. The van der Waals surface area contributed by atoms with Crippen LogP contribution in [-0.2, 0) is 16.0 Å². The molecule has 30 heavy (non-hydrogen) atoms. The molecule has 0 spiro atoms. The van der Waals surface area contributed by atoms with E-state index in [4.69, 9.17) is 14.9 Å². The van der Waals surface area contributed by atoms with Crippen molar-refractivity contribution in [1.29, 1.82) is 0 Å². The van der Waals surface area contributed by atoms with Gasteiger partial charge in [-0.25, -0.2) is 4.98 Å². The number of aromatic nitrogens is 2. The fraction of sp³-hybridized carbons (Fsp3) is 0.304. The number of hydrogen-bond acceptors (Lipinski definition) is 5. The first-order valence-electron chi connectivity index (χ1n) is 9.86. The number of piperazine rings is 1. The topological polar surface area (TPSA) is 86.6 Å². The summed E-state index contributed by atoms with van der Waals surface area (Å²) in [6.45, 7) is 5.37. The van der Waals surface area contributed by atoms with E-state index >= 15 is 0 Å². The largest absolute Gasteiger partial charge is 0.483 e. The molecule has 3 aromatic rings. The van der Waals surface area contributed by atoms with E-state index in [0.717, 1.165) is 59.5 Å². The second-order valence-corrected chi connectivity index (χ2v) is 7.38. The fourth-order valence-corrected chi connectivity index (χ4v) is 3.56. The molecule has 0 saturated carbocycles. The quantitative estimate of drug-likeness (QED) is 0.673. The summed E-state index contributed by atoms with van der Waals surface area (Å²) in [5.41, 5.74) is 5.09. The van der Waals surface area contributed by atoms with Gasteiger partial charge in [-0.2, -0.15) is 0 Å². The van der Waals surface area contributed by atoms with Gasteiger partial charge in [0.15, 0.2) is 0 Å². The van der Waals surface area contributed by atoms with E-state index in [1.165, 1.54) is 0 Å². The predicted octanol–water partition coefficient (Wildman–Crippen LogP) is 2.62. The third kappa shape index (κ3) is 5.18. The van der Waals surface area contributed by atoms with Crippen LogP contribution in [0.2, 0.25) is 0 Å². The van der Waals surface area contributed by atoms with Gasteiger partial charge in [-0.05, 0) is 55.4 Å². The van der Waals surface area contributed by atoms with Crippen LogP contribution in [0.25, 0.3) is 22.2 Å². The van der Waals surface area contributed by atoms with Gasteiger partial charge in [0.05, 0.1) is 17.6 Å². The summed E-state index contributed by atoms with van der Waals surface area (Å²) in [4.78, 5) is 34.2. The first kappa shape index (κ1) is 21.4. The van der Waals surface area contributed by atoms with E-state index in [1.807, 2.05) is 35.4 Å². The molecule has 0 radical (unpaired) electrons. The molecule has 3 heterocycles. The maximum atomic E-state index is 12.6. The molecule has 7 nitrogen and oxygen atoms in total. The number of likely N-dealkylation sites (N-methyl/N-ethyl adjacent to an activating group) is 1. The smallest absolute Gasteiger partial charge is 0.290 e. The summed E-state index contributed by atoms with van der Waals surface area (Å²) in [7, 11) is 2.10. The van der Waals surface area contributed by atoms with Gasteiger partial charge in [0, 0.05) is 49.5 Å². The average molecular weight is 406 g/mol. The lowest BCUT2D eigenvalue weighted by Gasteiger charge is -2.32. The maximum Gasteiger partial charge on any atom is 0.290 e. The third-order valence-corrected chi connectivity index (χ3v) is 5.25. The molecule has 1 saturated heterocycles. The van der Waals surface area contributed by atoms with Crippen molar-refractivity contribution in [3.63, 3.8) is 0 Å². The zero-order valence-corrected chi connectivity index (χ0v) is 17.3. The van der Waals surface area contributed by atoms with Crippen molar-refractivity contribution in [3.8, 4) is 11.3 Å². The number of rotatable bonds is 3. The molecule has 2 aromatic heterocycles. The van der Waals surface area contributed by atoms with Crippen LogP contribution in [0.1, 0.15) is 11.1 Å². The Balaban J connectivity index is 0.000000806. The Hall–Kier alpha value is -3.32. The molecule has 7 heteroatoms. The summed E-state index contributed by atoms with van der Waals surface area (Å²) < 4.78 is 0. The van der Waals surface area contributed by atoms with Gasteiger partial charge in [0.25, 0.3) is 6.47 Å². The number of carbonyl (C=O) groups excluding carboxylic acids is 1. The highest BCUT2D eigenvalue weighted by atomic mass is 16.3. The number of pyridine rings is 2. The molecular weight excluding hydrogens is 380 g/mol. The molecule has 0 atom stereocenters. The van der Waals surface area contributed by atoms with Crippen molar-refractivity contribution in [2.45, 2.75) is 13.3 Å². The van der Waals surface area contributed by atoms with Gasteiger partial charge in [0.1, 0.15) is 0 Å². The number of carboxylic acid groups (broad SMARTS) is 1. The molecule has 1 aliphatic heterocycles. The highest BCUT2D eigenvalue weighted by molar-refractivity contribution is 5.87. The number of carbonyl (C=O) groups is 2. The number of amides is 1.